The number of hydrogen-bond acceptors (Lipinski definition) is 0. The minimum atomic E-state index is -0.736. The van der Waals surface area contributed by atoms with Crippen LogP contribution in [0.15, 0.2) is 0 Å². The average Bonchev–Trinajstić information content (AvgIpc) is 1.83. The fraction of sp³-hybridized carbons (Fsp3) is 1.00. The molecule has 12 heavy (non-hydrogen) atoms. The van der Waals surface area contributed by atoms with Crippen molar-refractivity contribution in [1.29, 1.82) is 0 Å². The summed E-state index contributed by atoms with van der Waals surface area (Å²) in [6.07, 6.45) is 0. The van der Waals surface area contributed by atoms with Crippen LogP contribution in [0.2, 0.25) is 29.4 Å². The molecule has 72 valence electrons. The van der Waals surface area contributed by atoms with Gasteiger partial charge in [0.1, 0.15) is 0 Å². The average molecular weight is 249 g/mol. The fourth-order valence-corrected chi connectivity index (χ4v) is 12.0. The summed E-state index contributed by atoms with van der Waals surface area (Å²) < 4.78 is 0. The first-order valence-electron chi connectivity index (χ1n) is 4.89. The molecule has 0 aromatic rings. The standard InChI is InChI=1S/C10H22SeSi/c1-10(2,3)9-6-11-8-12(4,5)7-9/h9H,6-8H2,1-5H3. The van der Waals surface area contributed by atoms with Gasteiger partial charge in [0.25, 0.3) is 0 Å². The minimum absolute atomic E-state index is 0.576. The van der Waals surface area contributed by atoms with Crippen LogP contribution in [0.5, 0.6) is 0 Å². The Morgan fingerprint density at radius 2 is 1.83 bits per heavy atom. The van der Waals surface area contributed by atoms with Gasteiger partial charge in [0, 0.05) is 0 Å². The van der Waals surface area contributed by atoms with Gasteiger partial charge in [-0.2, -0.15) is 0 Å². The third kappa shape index (κ3) is 2.90. The molecule has 1 heterocycles. The summed E-state index contributed by atoms with van der Waals surface area (Å²) in [5.74, 6) is 1.04. The summed E-state index contributed by atoms with van der Waals surface area (Å²) in [6, 6.07) is 1.58. The van der Waals surface area contributed by atoms with E-state index in [4.69, 9.17) is 0 Å². The Bertz CT molecular complexity index is 154. The van der Waals surface area contributed by atoms with Gasteiger partial charge in [-0.3, -0.25) is 0 Å². The molecule has 1 fully saturated rings. The summed E-state index contributed by atoms with van der Waals surface area (Å²) in [6.45, 7) is 12.4. The van der Waals surface area contributed by atoms with Crippen molar-refractivity contribution in [3.05, 3.63) is 0 Å². The summed E-state index contributed by atoms with van der Waals surface area (Å²) >= 11 is 0.978. The van der Waals surface area contributed by atoms with Crippen molar-refractivity contribution in [2.24, 2.45) is 11.3 Å². The Morgan fingerprint density at radius 3 is 2.17 bits per heavy atom. The maximum atomic E-state index is 2.58. The zero-order chi connectivity index (χ0) is 9.41. The van der Waals surface area contributed by atoms with Crippen molar-refractivity contribution >= 4 is 23.0 Å². The van der Waals surface area contributed by atoms with Gasteiger partial charge in [0.2, 0.25) is 0 Å². The van der Waals surface area contributed by atoms with E-state index in [1.165, 1.54) is 0 Å². The molecular formula is C10H22SeSi. The molecule has 0 spiro atoms. The zero-order valence-electron chi connectivity index (χ0n) is 9.11. The summed E-state index contributed by atoms with van der Waals surface area (Å²) in [7, 11) is -0.736. The molecule has 1 rings (SSSR count). The number of rotatable bonds is 0. The molecule has 1 atom stereocenters. The molecule has 1 unspecified atom stereocenters. The van der Waals surface area contributed by atoms with E-state index in [2.05, 4.69) is 33.9 Å². The summed E-state index contributed by atoms with van der Waals surface area (Å²) in [5, 5.41) is 1.55. The van der Waals surface area contributed by atoms with Crippen LogP contribution in [0.3, 0.4) is 0 Å². The molecule has 1 aliphatic rings. The fourth-order valence-electron chi connectivity index (χ4n) is 1.82. The Labute approximate surface area is 84.7 Å². The molecule has 1 saturated heterocycles. The van der Waals surface area contributed by atoms with Crippen molar-refractivity contribution in [2.75, 3.05) is 0 Å². The van der Waals surface area contributed by atoms with E-state index in [-0.39, 0.29) is 0 Å². The quantitative estimate of drug-likeness (QED) is 0.577. The number of hydrogen-bond donors (Lipinski definition) is 0. The third-order valence-electron chi connectivity index (χ3n) is 2.84. The first-order chi connectivity index (χ1) is 5.31. The second-order valence-corrected chi connectivity index (χ2v) is 14.3. The van der Waals surface area contributed by atoms with Crippen molar-refractivity contribution in [1.82, 2.24) is 0 Å². The van der Waals surface area contributed by atoms with Gasteiger partial charge in [-0.25, -0.2) is 0 Å². The van der Waals surface area contributed by atoms with E-state index in [1.807, 2.05) is 0 Å². The Hall–Kier alpha value is 0.736. The topological polar surface area (TPSA) is 0 Å². The van der Waals surface area contributed by atoms with Crippen LogP contribution in [0.1, 0.15) is 20.8 Å². The van der Waals surface area contributed by atoms with Crippen molar-refractivity contribution in [2.45, 2.75) is 50.2 Å². The van der Waals surface area contributed by atoms with E-state index in [1.54, 1.807) is 16.3 Å². The van der Waals surface area contributed by atoms with Gasteiger partial charge in [-0.05, 0) is 0 Å². The van der Waals surface area contributed by atoms with Crippen molar-refractivity contribution < 1.29 is 0 Å². The predicted molar refractivity (Wildman–Crippen MR) is 60.6 cm³/mol. The van der Waals surface area contributed by atoms with Gasteiger partial charge in [0.15, 0.2) is 0 Å². The first-order valence-corrected chi connectivity index (χ1v) is 10.7. The van der Waals surface area contributed by atoms with Crippen LogP contribution < -0.4 is 0 Å². The van der Waals surface area contributed by atoms with E-state index in [0.717, 1.165) is 20.9 Å². The molecule has 0 saturated carbocycles. The summed E-state index contributed by atoms with van der Waals surface area (Å²) in [5.41, 5.74) is 0.576. The van der Waals surface area contributed by atoms with E-state index in [9.17, 15) is 0 Å². The van der Waals surface area contributed by atoms with Gasteiger partial charge >= 0.3 is 84.5 Å². The Balaban J connectivity index is 2.58. The Kier molecular flexibility index (Phi) is 3.13. The molecular weight excluding hydrogens is 227 g/mol. The SMILES string of the molecule is CC(C)(C)C1C[Se]C[Si](C)(C)C1. The maximum absolute atomic E-state index is 2.58. The first kappa shape index (κ1) is 10.8. The monoisotopic (exact) mass is 250 g/mol. The molecule has 0 aromatic heterocycles. The molecule has 0 radical (unpaired) electrons. The van der Waals surface area contributed by atoms with Crippen LogP contribution in [0.25, 0.3) is 0 Å². The van der Waals surface area contributed by atoms with Crippen LogP contribution in [0, 0.1) is 11.3 Å². The Morgan fingerprint density at radius 1 is 1.25 bits per heavy atom. The van der Waals surface area contributed by atoms with E-state index < -0.39 is 8.07 Å². The second-order valence-electron chi connectivity index (χ2n) is 5.95. The van der Waals surface area contributed by atoms with Gasteiger partial charge < -0.3 is 0 Å². The van der Waals surface area contributed by atoms with Crippen molar-refractivity contribution in [3.63, 3.8) is 0 Å². The van der Waals surface area contributed by atoms with Gasteiger partial charge in [-0.15, -0.1) is 0 Å². The normalized spacial score (nSPS) is 30.2. The summed E-state index contributed by atoms with van der Waals surface area (Å²) in [4.78, 5) is 1.63. The predicted octanol–water partition coefficient (Wildman–Crippen LogP) is 3.45. The van der Waals surface area contributed by atoms with Crippen molar-refractivity contribution in [3.8, 4) is 0 Å². The van der Waals surface area contributed by atoms with Gasteiger partial charge in [0.05, 0.1) is 0 Å². The molecule has 1 aliphatic heterocycles. The van der Waals surface area contributed by atoms with Crippen LogP contribution in [-0.2, 0) is 0 Å². The molecule has 0 nitrogen and oxygen atoms in total. The molecule has 2 heteroatoms. The van der Waals surface area contributed by atoms with Gasteiger partial charge in [-0.1, -0.05) is 0 Å². The van der Waals surface area contributed by atoms with E-state index in [0.29, 0.717) is 5.41 Å². The van der Waals surface area contributed by atoms with Crippen LogP contribution in [0.4, 0.5) is 0 Å². The second kappa shape index (κ2) is 3.47. The van der Waals surface area contributed by atoms with E-state index >= 15 is 0 Å². The van der Waals surface area contributed by atoms with Crippen LogP contribution in [-0.4, -0.2) is 23.0 Å². The zero-order valence-corrected chi connectivity index (χ0v) is 11.8. The third-order valence-corrected chi connectivity index (χ3v) is 13.0. The molecule has 0 bridgehead atoms. The van der Waals surface area contributed by atoms with Crippen LogP contribution >= 0.6 is 0 Å². The molecule has 0 N–H and O–H groups in total. The molecule has 0 aliphatic carbocycles. The molecule has 0 aromatic carbocycles. The molecule has 0 amide bonds.